The molecule has 0 atom stereocenters. The van der Waals surface area contributed by atoms with Gasteiger partial charge >= 0.3 is 0 Å². The highest BCUT2D eigenvalue weighted by Crippen LogP contribution is 2.22. The lowest BCUT2D eigenvalue weighted by Gasteiger charge is -2.23. The van der Waals surface area contributed by atoms with Crippen molar-refractivity contribution in [1.82, 2.24) is 0 Å². The minimum atomic E-state index is 0.145. The van der Waals surface area contributed by atoms with E-state index in [-0.39, 0.29) is 6.61 Å². The van der Waals surface area contributed by atoms with Gasteiger partial charge in [0.15, 0.2) is 0 Å². The number of aliphatic hydroxyl groups excluding tert-OH is 1. The Kier molecular flexibility index (Phi) is 3.83. The summed E-state index contributed by atoms with van der Waals surface area (Å²) in [6, 6.07) is 6.40. The van der Waals surface area contributed by atoms with Gasteiger partial charge in [-0.05, 0) is 43.0 Å². The van der Waals surface area contributed by atoms with Gasteiger partial charge in [0.2, 0.25) is 0 Å². The summed E-state index contributed by atoms with van der Waals surface area (Å²) < 4.78 is 0. The zero-order valence-electron chi connectivity index (χ0n) is 10.1. The molecule has 1 aliphatic heterocycles. The third-order valence-corrected chi connectivity index (χ3v) is 3.47. The Morgan fingerprint density at radius 1 is 1.12 bits per heavy atom. The number of nitrogens with zero attached hydrogens (tertiary/aromatic N) is 1. The van der Waals surface area contributed by atoms with E-state index in [1.54, 1.807) is 0 Å². The molecule has 1 fully saturated rings. The minimum absolute atomic E-state index is 0.145. The Bertz CT molecular complexity index is 341. The molecule has 1 saturated heterocycles. The molecule has 2 rings (SSSR count). The van der Waals surface area contributed by atoms with Gasteiger partial charge in [-0.3, -0.25) is 0 Å². The van der Waals surface area contributed by atoms with E-state index >= 15 is 0 Å². The van der Waals surface area contributed by atoms with Crippen LogP contribution in [0.15, 0.2) is 18.2 Å². The van der Waals surface area contributed by atoms with Gasteiger partial charge < -0.3 is 10.0 Å². The van der Waals surface area contributed by atoms with Crippen LogP contribution in [0.3, 0.4) is 0 Å². The van der Waals surface area contributed by atoms with Gasteiger partial charge in [0.25, 0.3) is 0 Å². The molecule has 1 aromatic rings. The fourth-order valence-corrected chi connectivity index (χ4v) is 2.38. The molecule has 16 heavy (non-hydrogen) atoms. The monoisotopic (exact) mass is 219 g/mol. The molecule has 1 heterocycles. The molecular weight excluding hydrogens is 198 g/mol. The van der Waals surface area contributed by atoms with E-state index in [4.69, 9.17) is 5.11 Å². The van der Waals surface area contributed by atoms with E-state index in [1.165, 1.54) is 50.0 Å². The minimum Gasteiger partial charge on any atom is -0.392 e. The smallest absolute Gasteiger partial charge is 0.0684 e. The first-order chi connectivity index (χ1) is 7.81. The highest BCUT2D eigenvalue weighted by atomic mass is 16.3. The molecule has 0 radical (unpaired) electrons. The molecule has 0 spiro atoms. The van der Waals surface area contributed by atoms with E-state index < -0.39 is 0 Å². The lowest BCUT2D eigenvalue weighted by molar-refractivity contribution is 0.281. The van der Waals surface area contributed by atoms with Crippen molar-refractivity contribution >= 4 is 5.69 Å². The number of aryl methyl sites for hydroxylation is 1. The van der Waals surface area contributed by atoms with Crippen LogP contribution in [0, 0.1) is 6.92 Å². The zero-order valence-corrected chi connectivity index (χ0v) is 10.1. The van der Waals surface area contributed by atoms with Crippen molar-refractivity contribution < 1.29 is 5.11 Å². The third kappa shape index (κ3) is 2.56. The number of anilines is 1. The van der Waals surface area contributed by atoms with Gasteiger partial charge in [-0.15, -0.1) is 0 Å². The molecule has 0 aromatic heterocycles. The number of benzene rings is 1. The normalized spacial score (nSPS) is 17.2. The van der Waals surface area contributed by atoms with Crippen molar-refractivity contribution in [3.05, 3.63) is 29.3 Å². The maximum absolute atomic E-state index is 9.15. The second kappa shape index (κ2) is 5.35. The summed E-state index contributed by atoms with van der Waals surface area (Å²) in [5.41, 5.74) is 3.56. The second-order valence-electron chi connectivity index (χ2n) is 4.67. The molecule has 0 bridgehead atoms. The van der Waals surface area contributed by atoms with E-state index in [0.29, 0.717) is 0 Å². The lowest BCUT2D eigenvalue weighted by atomic mass is 10.1. The summed E-state index contributed by atoms with van der Waals surface area (Å²) in [5.74, 6) is 0. The molecule has 1 aliphatic rings. The highest BCUT2D eigenvalue weighted by molar-refractivity contribution is 5.50. The van der Waals surface area contributed by atoms with Crippen LogP contribution in [0.5, 0.6) is 0 Å². The van der Waals surface area contributed by atoms with E-state index in [9.17, 15) is 0 Å². The van der Waals surface area contributed by atoms with Crippen LogP contribution in [0.2, 0.25) is 0 Å². The SMILES string of the molecule is Cc1cc(N2CCCCCC2)ccc1CO. The molecule has 1 aromatic carbocycles. The van der Waals surface area contributed by atoms with Crippen molar-refractivity contribution in [3.8, 4) is 0 Å². The summed E-state index contributed by atoms with van der Waals surface area (Å²) in [7, 11) is 0. The fraction of sp³-hybridized carbons (Fsp3) is 0.571. The van der Waals surface area contributed by atoms with Crippen LogP contribution in [0.4, 0.5) is 5.69 Å². The first kappa shape index (κ1) is 11.5. The van der Waals surface area contributed by atoms with Crippen LogP contribution in [-0.4, -0.2) is 18.2 Å². The lowest BCUT2D eigenvalue weighted by Crippen LogP contribution is -2.23. The summed E-state index contributed by atoms with van der Waals surface area (Å²) >= 11 is 0. The Morgan fingerprint density at radius 3 is 2.38 bits per heavy atom. The maximum Gasteiger partial charge on any atom is 0.0684 e. The predicted molar refractivity (Wildman–Crippen MR) is 67.8 cm³/mol. The standard InChI is InChI=1S/C14H21NO/c1-12-10-14(7-6-13(12)11-16)15-8-4-2-3-5-9-15/h6-7,10,16H,2-5,8-9,11H2,1H3. The molecule has 2 heteroatoms. The summed E-state index contributed by atoms with van der Waals surface area (Å²) in [5, 5.41) is 9.15. The van der Waals surface area contributed by atoms with Crippen molar-refractivity contribution in [2.75, 3.05) is 18.0 Å². The number of hydrogen-bond donors (Lipinski definition) is 1. The first-order valence-electron chi connectivity index (χ1n) is 6.26. The van der Waals surface area contributed by atoms with E-state index in [2.05, 4.69) is 30.0 Å². The second-order valence-corrected chi connectivity index (χ2v) is 4.67. The average molecular weight is 219 g/mol. The topological polar surface area (TPSA) is 23.5 Å². The quantitative estimate of drug-likeness (QED) is 0.826. The van der Waals surface area contributed by atoms with Gasteiger partial charge in [0.1, 0.15) is 0 Å². The van der Waals surface area contributed by atoms with Crippen molar-refractivity contribution in [3.63, 3.8) is 0 Å². The van der Waals surface area contributed by atoms with Crippen LogP contribution < -0.4 is 4.90 Å². The zero-order chi connectivity index (χ0) is 11.4. The molecule has 0 saturated carbocycles. The molecular formula is C14H21NO. The van der Waals surface area contributed by atoms with Crippen LogP contribution in [0.25, 0.3) is 0 Å². The molecule has 1 N–H and O–H groups in total. The summed E-state index contributed by atoms with van der Waals surface area (Å²) in [6.07, 6.45) is 5.34. The third-order valence-electron chi connectivity index (χ3n) is 3.47. The highest BCUT2D eigenvalue weighted by Gasteiger charge is 2.10. The van der Waals surface area contributed by atoms with E-state index in [1.807, 2.05) is 0 Å². The molecule has 0 amide bonds. The average Bonchev–Trinajstić information content (AvgIpc) is 2.57. The van der Waals surface area contributed by atoms with Crippen LogP contribution in [-0.2, 0) is 6.61 Å². The maximum atomic E-state index is 9.15. The molecule has 0 aliphatic carbocycles. The van der Waals surface area contributed by atoms with Crippen molar-refractivity contribution in [2.45, 2.75) is 39.2 Å². The number of aliphatic hydroxyl groups is 1. The van der Waals surface area contributed by atoms with Crippen LogP contribution >= 0.6 is 0 Å². The predicted octanol–water partition coefficient (Wildman–Crippen LogP) is 2.87. The fourth-order valence-electron chi connectivity index (χ4n) is 2.38. The Balaban J connectivity index is 2.16. The molecule has 0 unspecified atom stereocenters. The first-order valence-corrected chi connectivity index (χ1v) is 6.26. The van der Waals surface area contributed by atoms with Gasteiger partial charge in [-0.25, -0.2) is 0 Å². The Labute approximate surface area is 97.9 Å². The van der Waals surface area contributed by atoms with Gasteiger partial charge in [0, 0.05) is 18.8 Å². The van der Waals surface area contributed by atoms with Crippen LogP contribution in [0.1, 0.15) is 36.8 Å². The Hall–Kier alpha value is -1.02. The summed E-state index contributed by atoms with van der Waals surface area (Å²) in [6.45, 7) is 4.58. The Morgan fingerprint density at radius 2 is 1.81 bits per heavy atom. The molecule has 2 nitrogen and oxygen atoms in total. The van der Waals surface area contributed by atoms with Gasteiger partial charge in [-0.1, -0.05) is 18.9 Å². The van der Waals surface area contributed by atoms with E-state index in [0.717, 1.165) is 5.56 Å². The number of hydrogen-bond acceptors (Lipinski definition) is 2. The number of rotatable bonds is 2. The van der Waals surface area contributed by atoms with Gasteiger partial charge in [0.05, 0.1) is 6.61 Å². The van der Waals surface area contributed by atoms with Crippen molar-refractivity contribution in [1.29, 1.82) is 0 Å². The molecule has 88 valence electrons. The largest absolute Gasteiger partial charge is 0.392 e. The summed E-state index contributed by atoms with van der Waals surface area (Å²) in [4.78, 5) is 2.47. The van der Waals surface area contributed by atoms with Crippen molar-refractivity contribution in [2.24, 2.45) is 0 Å². The van der Waals surface area contributed by atoms with Gasteiger partial charge in [-0.2, -0.15) is 0 Å².